The minimum Gasteiger partial charge on any atom is -0.253 e. The van der Waals surface area contributed by atoms with Gasteiger partial charge < -0.3 is 0 Å². The van der Waals surface area contributed by atoms with Gasteiger partial charge in [0.2, 0.25) is 0 Å². The highest BCUT2D eigenvalue weighted by Gasteiger charge is 2.02. The molecule has 1 heterocycles. The van der Waals surface area contributed by atoms with Crippen LogP contribution in [0.2, 0.25) is 0 Å². The average Bonchev–Trinajstić information content (AvgIpc) is 2.30. The fourth-order valence-electron chi connectivity index (χ4n) is 1.69. The van der Waals surface area contributed by atoms with Crippen LogP contribution in [-0.2, 0) is 6.42 Å². The van der Waals surface area contributed by atoms with E-state index in [0.717, 1.165) is 17.8 Å². The van der Waals surface area contributed by atoms with Crippen molar-refractivity contribution in [2.24, 2.45) is 0 Å². The zero-order valence-corrected chi connectivity index (χ0v) is 9.20. The van der Waals surface area contributed by atoms with Gasteiger partial charge in [-0.15, -0.1) is 0 Å². The largest absolute Gasteiger partial charge is 0.253 e. The molecule has 2 aromatic rings. The molecular formula is C14H15N. The minimum atomic E-state index is 0.986. The lowest BCUT2D eigenvalue weighted by Crippen LogP contribution is -1.91. The predicted molar refractivity (Wildman–Crippen MR) is 63.8 cm³/mol. The smallest absolute Gasteiger partial charge is 0.0707 e. The van der Waals surface area contributed by atoms with Crippen LogP contribution in [0.1, 0.15) is 18.2 Å². The lowest BCUT2D eigenvalue weighted by atomic mass is 10.1. The molecule has 0 atom stereocenters. The molecule has 1 aromatic heterocycles. The maximum Gasteiger partial charge on any atom is 0.0707 e. The number of benzene rings is 1. The maximum absolute atomic E-state index is 4.62. The predicted octanol–water partition coefficient (Wildman–Crippen LogP) is 3.62. The van der Waals surface area contributed by atoms with Crippen LogP contribution in [0, 0.1) is 6.92 Å². The monoisotopic (exact) mass is 197 g/mol. The molecule has 0 saturated heterocycles. The van der Waals surface area contributed by atoms with Gasteiger partial charge in [-0.3, -0.25) is 4.98 Å². The van der Waals surface area contributed by atoms with Gasteiger partial charge in [-0.2, -0.15) is 0 Å². The zero-order valence-electron chi connectivity index (χ0n) is 9.20. The summed E-state index contributed by atoms with van der Waals surface area (Å²) in [5.74, 6) is 0. The molecule has 0 aliphatic rings. The van der Waals surface area contributed by atoms with Gasteiger partial charge >= 0.3 is 0 Å². The molecule has 0 unspecified atom stereocenters. The molecule has 0 amide bonds. The van der Waals surface area contributed by atoms with E-state index >= 15 is 0 Å². The zero-order chi connectivity index (χ0) is 10.7. The van der Waals surface area contributed by atoms with E-state index in [1.54, 1.807) is 0 Å². The van der Waals surface area contributed by atoms with Crippen molar-refractivity contribution in [2.45, 2.75) is 20.3 Å². The Labute approximate surface area is 90.8 Å². The van der Waals surface area contributed by atoms with Crippen LogP contribution >= 0.6 is 0 Å². The molecule has 1 aromatic carbocycles. The van der Waals surface area contributed by atoms with Crippen LogP contribution in [0.5, 0.6) is 0 Å². The Morgan fingerprint density at radius 2 is 1.80 bits per heavy atom. The van der Waals surface area contributed by atoms with E-state index in [1.165, 1.54) is 11.1 Å². The summed E-state index contributed by atoms with van der Waals surface area (Å²) in [4.78, 5) is 4.62. The second kappa shape index (κ2) is 4.26. The Balaban J connectivity index is 2.49. The van der Waals surface area contributed by atoms with Crippen molar-refractivity contribution in [1.29, 1.82) is 0 Å². The fraction of sp³-hybridized carbons (Fsp3) is 0.214. The summed E-state index contributed by atoms with van der Waals surface area (Å²) in [6.45, 7) is 4.25. The highest BCUT2D eigenvalue weighted by Crippen LogP contribution is 2.20. The second-order valence-electron chi connectivity index (χ2n) is 3.68. The molecule has 0 radical (unpaired) electrons. The van der Waals surface area contributed by atoms with Crippen molar-refractivity contribution < 1.29 is 0 Å². The lowest BCUT2D eigenvalue weighted by Gasteiger charge is -2.05. The minimum absolute atomic E-state index is 0.986. The molecule has 0 N–H and O–H groups in total. The van der Waals surface area contributed by atoms with Crippen molar-refractivity contribution in [2.75, 3.05) is 0 Å². The van der Waals surface area contributed by atoms with Gasteiger partial charge in [0.05, 0.1) is 5.69 Å². The lowest BCUT2D eigenvalue weighted by molar-refractivity contribution is 1.04. The second-order valence-corrected chi connectivity index (χ2v) is 3.68. The third kappa shape index (κ3) is 2.07. The van der Waals surface area contributed by atoms with Crippen molar-refractivity contribution in [3.8, 4) is 11.3 Å². The van der Waals surface area contributed by atoms with E-state index in [4.69, 9.17) is 0 Å². The van der Waals surface area contributed by atoms with Crippen molar-refractivity contribution in [3.63, 3.8) is 0 Å². The van der Waals surface area contributed by atoms with Crippen molar-refractivity contribution in [3.05, 3.63) is 53.7 Å². The van der Waals surface area contributed by atoms with E-state index in [9.17, 15) is 0 Å². The van der Waals surface area contributed by atoms with Crippen molar-refractivity contribution >= 4 is 0 Å². The van der Waals surface area contributed by atoms with Gasteiger partial charge in [0, 0.05) is 11.3 Å². The number of nitrogens with zero attached hydrogens (tertiary/aromatic N) is 1. The molecule has 0 aliphatic carbocycles. The van der Waals surface area contributed by atoms with Gasteiger partial charge in [-0.1, -0.05) is 37.3 Å². The number of pyridine rings is 1. The Hall–Kier alpha value is -1.63. The van der Waals surface area contributed by atoms with Crippen LogP contribution in [0.3, 0.4) is 0 Å². The Kier molecular flexibility index (Phi) is 2.82. The molecule has 15 heavy (non-hydrogen) atoms. The molecule has 1 heteroatoms. The summed E-state index contributed by atoms with van der Waals surface area (Å²) in [6.07, 6.45) is 0.986. The fourth-order valence-corrected chi connectivity index (χ4v) is 1.69. The van der Waals surface area contributed by atoms with Gasteiger partial charge in [0.25, 0.3) is 0 Å². The first-order valence-corrected chi connectivity index (χ1v) is 5.33. The number of rotatable bonds is 2. The molecule has 1 nitrogen and oxygen atoms in total. The SMILES string of the molecule is CCc1cccc(-c2ccccc2C)n1. The highest BCUT2D eigenvalue weighted by atomic mass is 14.7. The van der Waals surface area contributed by atoms with Crippen LogP contribution < -0.4 is 0 Å². The summed E-state index contributed by atoms with van der Waals surface area (Å²) in [6, 6.07) is 14.6. The third-order valence-electron chi connectivity index (χ3n) is 2.59. The number of aryl methyl sites for hydroxylation is 2. The molecular weight excluding hydrogens is 182 g/mol. The van der Waals surface area contributed by atoms with Crippen LogP contribution in [0.25, 0.3) is 11.3 Å². The van der Waals surface area contributed by atoms with Crippen LogP contribution in [0.15, 0.2) is 42.5 Å². The molecule has 0 bridgehead atoms. The van der Waals surface area contributed by atoms with E-state index in [-0.39, 0.29) is 0 Å². The van der Waals surface area contributed by atoms with Crippen molar-refractivity contribution in [1.82, 2.24) is 4.98 Å². The molecule has 0 saturated carbocycles. The molecule has 76 valence electrons. The normalized spacial score (nSPS) is 10.3. The quantitative estimate of drug-likeness (QED) is 0.716. The average molecular weight is 197 g/mol. The number of hydrogen-bond donors (Lipinski definition) is 0. The van der Waals surface area contributed by atoms with Gasteiger partial charge in [-0.05, 0) is 31.0 Å². The molecule has 0 spiro atoms. The number of aromatic nitrogens is 1. The molecule has 0 fully saturated rings. The number of hydrogen-bond acceptors (Lipinski definition) is 1. The summed E-state index contributed by atoms with van der Waals surface area (Å²) < 4.78 is 0. The summed E-state index contributed by atoms with van der Waals surface area (Å²) >= 11 is 0. The summed E-state index contributed by atoms with van der Waals surface area (Å²) in [7, 11) is 0. The molecule has 0 aliphatic heterocycles. The Bertz CT molecular complexity index is 460. The Morgan fingerprint density at radius 3 is 2.53 bits per heavy atom. The van der Waals surface area contributed by atoms with Gasteiger partial charge in [-0.25, -0.2) is 0 Å². The first kappa shape index (κ1) is 9.91. The topological polar surface area (TPSA) is 12.9 Å². The highest BCUT2D eigenvalue weighted by molar-refractivity contribution is 5.63. The van der Waals surface area contributed by atoms with E-state index in [1.807, 2.05) is 0 Å². The first-order valence-electron chi connectivity index (χ1n) is 5.33. The van der Waals surface area contributed by atoms with E-state index in [2.05, 4.69) is 61.3 Å². The van der Waals surface area contributed by atoms with E-state index < -0.39 is 0 Å². The summed E-state index contributed by atoms with van der Waals surface area (Å²) in [5, 5.41) is 0. The Morgan fingerprint density at radius 1 is 1.00 bits per heavy atom. The van der Waals surface area contributed by atoms with Crippen LogP contribution in [-0.4, -0.2) is 4.98 Å². The summed E-state index contributed by atoms with van der Waals surface area (Å²) in [5.41, 5.74) is 4.73. The van der Waals surface area contributed by atoms with Crippen LogP contribution in [0.4, 0.5) is 0 Å². The van der Waals surface area contributed by atoms with E-state index in [0.29, 0.717) is 0 Å². The third-order valence-corrected chi connectivity index (χ3v) is 2.59. The van der Waals surface area contributed by atoms with Gasteiger partial charge in [0.1, 0.15) is 0 Å². The first-order chi connectivity index (χ1) is 7.31. The standard InChI is InChI=1S/C14H15N/c1-3-12-8-6-10-14(15-12)13-9-5-4-7-11(13)2/h4-10H,3H2,1-2H3. The maximum atomic E-state index is 4.62. The van der Waals surface area contributed by atoms with Gasteiger partial charge in [0.15, 0.2) is 0 Å². The molecule has 2 rings (SSSR count).